The van der Waals surface area contributed by atoms with Crippen molar-refractivity contribution in [1.29, 1.82) is 5.26 Å². The fraction of sp³-hybridized carbons (Fsp3) is 0.217. The second-order valence-corrected chi connectivity index (χ2v) is 7.54. The number of halogens is 1. The fourth-order valence-electron chi connectivity index (χ4n) is 3.51. The van der Waals surface area contributed by atoms with Crippen LogP contribution in [0.4, 0.5) is 5.69 Å². The van der Waals surface area contributed by atoms with Crippen molar-refractivity contribution in [2.45, 2.75) is 0 Å². The van der Waals surface area contributed by atoms with Gasteiger partial charge in [-0.3, -0.25) is 9.59 Å². The Kier molecular flexibility index (Phi) is 6.38. The first kappa shape index (κ1) is 21.4. The van der Waals surface area contributed by atoms with Crippen LogP contribution in [0.2, 0.25) is 5.02 Å². The molecule has 0 saturated carbocycles. The molecule has 0 atom stereocenters. The number of hydrogen-bond donors (Lipinski definition) is 0. The molecule has 0 bridgehead atoms. The molecule has 1 aromatic heterocycles. The van der Waals surface area contributed by atoms with E-state index in [0.29, 0.717) is 48.9 Å². The van der Waals surface area contributed by atoms with E-state index < -0.39 is 5.56 Å². The number of nitrogens with zero attached hydrogens (tertiary/aromatic N) is 5. The number of carbonyl (C=O) groups excluding carboxylic acids is 1. The van der Waals surface area contributed by atoms with Gasteiger partial charge in [0, 0.05) is 26.2 Å². The molecule has 2 heterocycles. The summed E-state index contributed by atoms with van der Waals surface area (Å²) in [6.45, 7) is 1.79. The molecule has 162 valence electrons. The number of piperazine rings is 1. The Bertz CT molecular complexity index is 1210. The molecule has 3 aromatic rings. The minimum Gasteiger partial charge on any atom is -0.482 e. The number of amides is 1. The summed E-state index contributed by atoms with van der Waals surface area (Å²) in [7, 11) is 0. The molecule has 0 radical (unpaired) electrons. The summed E-state index contributed by atoms with van der Waals surface area (Å²) < 4.78 is 6.81. The Morgan fingerprint density at radius 1 is 1.06 bits per heavy atom. The summed E-state index contributed by atoms with van der Waals surface area (Å²) in [4.78, 5) is 28.9. The van der Waals surface area contributed by atoms with Crippen molar-refractivity contribution in [2.24, 2.45) is 0 Å². The highest BCUT2D eigenvalue weighted by Gasteiger charge is 2.24. The van der Waals surface area contributed by atoms with Crippen molar-refractivity contribution in [3.63, 3.8) is 0 Å². The molecule has 1 aliphatic heterocycles. The zero-order valence-electron chi connectivity index (χ0n) is 17.1. The lowest BCUT2D eigenvalue weighted by Gasteiger charge is -2.36. The van der Waals surface area contributed by atoms with E-state index in [1.165, 1.54) is 4.68 Å². The molecule has 32 heavy (non-hydrogen) atoms. The lowest BCUT2D eigenvalue weighted by Crippen LogP contribution is -2.50. The lowest BCUT2D eigenvalue weighted by atomic mass is 10.2. The highest BCUT2D eigenvalue weighted by atomic mass is 35.5. The smallest absolute Gasteiger partial charge is 0.292 e. The predicted molar refractivity (Wildman–Crippen MR) is 120 cm³/mol. The van der Waals surface area contributed by atoms with Crippen molar-refractivity contribution < 1.29 is 9.53 Å². The average molecular weight is 450 g/mol. The number of ether oxygens (including phenoxy) is 1. The number of nitriles is 1. The number of anilines is 1. The van der Waals surface area contributed by atoms with Crippen molar-refractivity contribution in [1.82, 2.24) is 14.7 Å². The number of benzene rings is 2. The lowest BCUT2D eigenvalue weighted by molar-refractivity contribution is -0.133. The SMILES string of the molecule is N#Cc1ccccc1OCC(=O)N1CCN(c2cnn(-c3ccccc3)c(=O)c2Cl)CC1. The first-order valence-corrected chi connectivity index (χ1v) is 10.4. The van der Waals surface area contributed by atoms with Crippen molar-refractivity contribution in [2.75, 3.05) is 37.7 Å². The minimum atomic E-state index is -0.390. The third kappa shape index (κ3) is 4.43. The van der Waals surface area contributed by atoms with Gasteiger partial charge in [-0.05, 0) is 24.3 Å². The summed E-state index contributed by atoms with van der Waals surface area (Å²) in [5.74, 6) is 0.222. The molecule has 0 aliphatic carbocycles. The van der Waals surface area contributed by atoms with Gasteiger partial charge in [-0.1, -0.05) is 41.9 Å². The van der Waals surface area contributed by atoms with E-state index in [1.54, 1.807) is 47.5 Å². The van der Waals surface area contributed by atoms with E-state index in [4.69, 9.17) is 21.6 Å². The Morgan fingerprint density at radius 2 is 1.75 bits per heavy atom. The first-order valence-electron chi connectivity index (χ1n) is 10.1. The maximum atomic E-state index is 12.7. The van der Waals surface area contributed by atoms with E-state index in [1.807, 2.05) is 29.2 Å². The van der Waals surface area contributed by atoms with Crippen LogP contribution in [0.15, 0.2) is 65.6 Å². The van der Waals surface area contributed by atoms with Gasteiger partial charge < -0.3 is 14.5 Å². The number of hydrogen-bond acceptors (Lipinski definition) is 6. The second-order valence-electron chi connectivity index (χ2n) is 7.16. The number of carbonyl (C=O) groups is 1. The maximum absolute atomic E-state index is 12.7. The molecule has 0 spiro atoms. The van der Waals surface area contributed by atoms with Gasteiger partial charge in [-0.25, -0.2) is 0 Å². The van der Waals surface area contributed by atoms with Gasteiger partial charge in [0.05, 0.1) is 23.1 Å². The molecule has 4 rings (SSSR count). The van der Waals surface area contributed by atoms with Gasteiger partial charge in [0.2, 0.25) is 0 Å². The number of rotatable bonds is 5. The van der Waals surface area contributed by atoms with Crippen LogP contribution >= 0.6 is 11.6 Å². The normalized spacial score (nSPS) is 13.5. The van der Waals surface area contributed by atoms with Crippen LogP contribution in [0.5, 0.6) is 5.75 Å². The highest BCUT2D eigenvalue weighted by molar-refractivity contribution is 6.33. The monoisotopic (exact) mass is 449 g/mol. The average Bonchev–Trinajstić information content (AvgIpc) is 2.85. The van der Waals surface area contributed by atoms with Crippen LogP contribution in [-0.2, 0) is 4.79 Å². The Balaban J connectivity index is 1.38. The van der Waals surface area contributed by atoms with E-state index in [0.717, 1.165) is 0 Å². The number of para-hydroxylation sites is 2. The molecular formula is C23H20ClN5O3. The van der Waals surface area contributed by atoms with E-state index in [-0.39, 0.29) is 17.5 Å². The summed E-state index contributed by atoms with van der Waals surface area (Å²) >= 11 is 6.38. The summed E-state index contributed by atoms with van der Waals surface area (Å²) in [6, 6.07) is 17.9. The topological polar surface area (TPSA) is 91.5 Å². The van der Waals surface area contributed by atoms with Gasteiger partial charge >= 0.3 is 0 Å². The van der Waals surface area contributed by atoms with Gasteiger partial charge in [0.25, 0.3) is 11.5 Å². The third-order valence-corrected chi connectivity index (χ3v) is 5.59. The van der Waals surface area contributed by atoms with Gasteiger partial charge in [0.1, 0.15) is 16.8 Å². The third-order valence-electron chi connectivity index (χ3n) is 5.23. The standard InChI is InChI=1S/C23H20ClN5O3/c24-22-19(15-26-29(23(22)31)18-7-2-1-3-8-18)27-10-12-28(13-11-27)21(30)16-32-20-9-5-4-6-17(20)14-25/h1-9,15H,10-13,16H2. The minimum absolute atomic E-state index is 0.0973. The molecule has 1 amide bonds. The molecule has 2 aromatic carbocycles. The van der Waals surface area contributed by atoms with Crippen LogP contribution < -0.4 is 15.2 Å². The van der Waals surface area contributed by atoms with Crippen molar-refractivity contribution in [3.05, 3.63) is 81.7 Å². The molecule has 8 nitrogen and oxygen atoms in total. The Morgan fingerprint density at radius 3 is 2.47 bits per heavy atom. The quantitative estimate of drug-likeness (QED) is 0.594. The largest absolute Gasteiger partial charge is 0.482 e. The maximum Gasteiger partial charge on any atom is 0.292 e. The van der Waals surface area contributed by atoms with E-state index in [9.17, 15) is 9.59 Å². The van der Waals surface area contributed by atoms with E-state index in [2.05, 4.69) is 5.10 Å². The summed E-state index contributed by atoms with van der Waals surface area (Å²) in [6.07, 6.45) is 1.58. The molecule has 1 saturated heterocycles. The predicted octanol–water partition coefficient (Wildman–Crippen LogP) is 2.49. The zero-order valence-corrected chi connectivity index (χ0v) is 17.9. The van der Waals surface area contributed by atoms with Gasteiger partial charge in [-0.2, -0.15) is 15.0 Å². The Hall–Kier alpha value is -3.83. The van der Waals surface area contributed by atoms with Crippen molar-refractivity contribution in [3.8, 4) is 17.5 Å². The molecule has 9 heteroatoms. The van der Waals surface area contributed by atoms with Gasteiger partial charge in [-0.15, -0.1) is 0 Å². The summed E-state index contributed by atoms with van der Waals surface area (Å²) in [5, 5.41) is 13.5. The molecular weight excluding hydrogens is 430 g/mol. The first-order chi connectivity index (χ1) is 15.6. The van der Waals surface area contributed by atoms with Crippen LogP contribution in [0.3, 0.4) is 0 Å². The van der Waals surface area contributed by atoms with Crippen LogP contribution in [0, 0.1) is 11.3 Å². The highest BCUT2D eigenvalue weighted by Crippen LogP contribution is 2.23. The molecule has 1 fully saturated rings. The van der Waals surface area contributed by atoms with E-state index >= 15 is 0 Å². The summed E-state index contributed by atoms with van der Waals surface area (Å²) in [5.41, 5.74) is 1.19. The fourth-order valence-corrected chi connectivity index (χ4v) is 3.76. The number of aromatic nitrogens is 2. The van der Waals surface area contributed by atoms with Crippen LogP contribution in [0.1, 0.15) is 5.56 Å². The van der Waals surface area contributed by atoms with Gasteiger partial charge in [0.15, 0.2) is 6.61 Å². The van der Waals surface area contributed by atoms with Crippen molar-refractivity contribution >= 4 is 23.2 Å². The Labute approximate surface area is 189 Å². The molecule has 0 N–H and O–H groups in total. The second kappa shape index (κ2) is 9.54. The zero-order chi connectivity index (χ0) is 22.5. The molecule has 0 unspecified atom stereocenters. The van der Waals surface area contributed by atoms with Crippen LogP contribution in [-0.4, -0.2) is 53.4 Å². The van der Waals surface area contributed by atoms with Crippen LogP contribution in [0.25, 0.3) is 5.69 Å². The molecule has 1 aliphatic rings.